The van der Waals surface area contributed by atoms with Crippen LogP contribution in [0, 0.1) is 0 Å². The Balaban J connectivity index is 2.04. The zero-order valence-electron chi connectivity index (χ0n) is 11.7. The molecule has 4 nitrogen and oxygen atoms in total. The van der Waals surface area contributed by atoms with Crippen molar-refractivity contribution in [3.8, 4) is 22.5 Å². The van der Waals surface area contributed by atoms with Gasteiger partial charge in [-0.25, -0.2) is 19.9 Å². The van der Waals surface area contributed by atoms with E-state index in [0.29, 0.717) is 11.3 Å². The topological polar surface area (TPSA) is 51.6 Å². The van der Waals surface area contributed by atoms with Gasteiger partial charge >= 0.3 is 0 Å². The number of fused-ring (bicyclic) bond motifs is 1. The van der Waals surface area contributed by atoms with Gasteiger partial charge in [0.2, 0.25) is 0 Å². The fourth-order valence-corrected chi connectivity index (χ4v) is 2.39. The van der Waals surface area contributed by atoms with E-state index in [9.17, 15) is 0 Å². The molecule has 2 aromatic heterocycles. The molecule has 0 aliphatic heterocycles. The second-order valence-corrected chi connectivity index (χ2v) is 4.86. The Morgan fingerprint density at radius 1 is 0.500 bits per heavy atom. The predicted octanol–water partition coefficient (Wildman–Crippen LogP) is 3.75. The van der Waals surface area contributed by atoms with Crippen LogP contribution in [0.5, 0.6) is 0 Å². The number of benzene rings is 2. The van der Waals surface area contributed by atoms with E-state index in [-0.39, 0.29) is 0 Å². The minimum atomic E-state index is 0.557. The van der Waals surface area contributed by atoms with E-state index in [4.69, 9.17) is 0 Å². The molecule has 0 atom stereocenters. The van der Waals surface area contributed by atoms with Crippen molar-refractivity contribution in [1.29, 1.82) is 0 Å². The molecular weight excluding hydrogens is 272 g/mol. The Bertz CT molecular complexity index is 843. The molecule has 2 heterocycles. The highest BCUT2D eigenvalue weighted by molar-refractivity contribution is 5.83. The molecule has 0 bridgehead atoms. The normalized spacial score (nSPS) is 10.7. The molecule has 0 aliphatic rings. The molecule has 22 heavy (non-hydrogen) atoms. The van der Waals surface area contributed by atoms with E-state index in [1.54, 1.807) is 12.4 Å². The van der Waals surface area contributed by atoms with Crippen LogP contribution in [0.15, 0.2) is 73.1 Å². The van der Waals surface area contributed by atoms with Crippen LogP contribution in [-0.2, 0) is 0 Å². The van der Waals surface area contributed by atoms with Crippen LogP contribution in [0.3, 0.4) is 0 Å². The molecule has 4 rings (SSSR count). The summed E-state index contributed by atoms with van der Waals surface area (Å²) < 4.78 is 0. The minimum absolute atomic E-state index is 0.557. The van der Waals surface area contributed by atoms with Crippen molar-refractivity contribution in [2.75, 3.05) is 0 Å². The molecule has 4 aromatic rings. The third-order valence-corrected chi connectivity index (χ3v) is 3.41. The van der Waals surface area contributed by atoms with Gasteiger partial charge in [0.05, 0.1) is 11.4 Å². The van der Waals surface area contributed by atoms with E-state index >= 15 is 0 Å². The molecule has 0 saturated heterocycles. The molecule has 0 N–H and O–H groups in total. The second-order valence-electron chi connectivity index (χ2n) is 4.86. The van der Waals surface area contributed by atoms with E-state index in [0.717, 1.165) is 22.5 Å². The van der Waals surface area contributed by atoms with Crippen LogP contribution in [0.2, 0.25) is 0 Å². The Kier molecular flexibility index (Phi) is 3.05. The number of nitrogens with zero attached hydrogens (tertiary/aromatic N) is 4. The van der Waals surface area contributed by atoms with Gasteiger partial charge in [-0.3, -0.25) is 0 Å². The lowest BCUT2D eigenvalue weighted by Crippen LogP contribution is -1.98. The first-order chi connectivity index (χ1) is 10.9. The average Bonchev–Trinajstić information content (AvgIpc) is 2.62. The van der Waals surface area contributed by atoms with E-state index in [1.807, 2.05) is 60.7 Å². The van der Waals surface area contributed by atoms with Crippen molar-refractivity contribution in [1.82, 2.24) is 19.9 Å². The second kappa shape index (κ2) is 5.33. The van der Waals surface area contributed by atoms with Crippen LogP contribution in [-0.4, -0.2) is 19.9 Å². The van der Waals surface area contributed by atoms with Gasteiger partial charge in [-0.1, -0.05) is 60.7 Å². The van der Waals surface area contributed by atoms with Crippen molar-refractivity contribution in [2.24, 2.45) is 0 Å². The van der Waals surface area contributed by atoms with E-state index in [1.165, 1.54) is 0 Å². The lowest BCUT2D eigenvalue weighted by molar-refractivity contribution is 1.16. The van der Waals surface area contributed by atoms with Gasteiger partial charge in [0.25, 0.3) is 0 Å². The smallest absolute Gasteiger partial charge is 0.198 e. The number of aromatic nitrogens is 4. The minimum Gasteiger partial charge on any atom is -0.232 e. The molecule has 0 saturated carbocycles. The van der Waals surface area contributed by atoms with Gasteiger partial charge in [-0.05, 0) is 0 Å². The molecule has 4 heteroatoms. The highest BCUT2D eigenvalue weighted by Crippen LogP contribution is 2.29. The summed E-state index contributed by atoms with van der Waals surface area (Å²) >= 11 is 0. The van der Waals surface area contributed by atoms with Gasteiger partial charge in [-0.2, -0.15) is 0 Å². The maximum Gasteiger partial charge on any atom is 0.198 e. The van der Waals surface area contributed by atoms with Crippen molar-refractivity contribution in [3.63, 3.8) is 0 Å². The summed E-state index contributed by atoms with van der Waals surface area (Å²) in [5, 5.41) is 0. The van der Waals surface area contributed by atoms with Crippen LogP contribution in [0.4, 0.5) is 0 Å². The quantitative estimate of drug-likeness (QED) is 0.562. The number of rotatable bonds is 2. The lowest BCUT2D eigenvalue weighted by Gasteiger charge is -2.09. The SMILES string of the molecule is c1ccc(-c2nc3nccnc3nc2-c2ccccc2)cc1. The monoisotopic (exact) mass is 284 g/mol. The zero-order valence-corrected chi connectivity index (χ0v) is 11.7. The Morgan fingerprint density at radius 2 is 0.909 bits per heavy atom. The largest absolute Gasteiger partial charge is 0.232 e. The molecule has 0 unspecified atom stereocenters. The van der Waals surface area contributed by atoms with Gasteiger partial charge < -0.3 is 0 Å². The molecule has 0 radical (unpaired) electrons. The third kappa shape index (κ3) is 2.20. The zero-order chi connectivity index (χ0) is 14.8. The first-order valence-electron chi connectivity index (χ1n) is 7.01. The highest BCUT2D eigenvalue weighted by Gasteiger charge is 2.13. The maximum atomic E-state index is 4.69. The average molecular weight is 284 g/mol. The van der Waals surface area contributed by atoms with Crippen molar-refractivity contribution >= 4 is 11.3 Å². The Morgan fingerprint density at radius 3 is 1.32 bits per heavy atom. The van der Waals surface area contributed by atoms with Crippen LogP contribution >= 0.6 is 0 Å². The summed E-state index contributed by atoms with van der Waals surface area (Å²) in [5.74, 6) is 0. The molecule has 104 valence electrons. The highest BCUT2D eigenvalue weighted by atomic mass is 15.0. The molecule has 0 aliphatic carbocycles. The summed E-state index contributed by atoms with van der Waals surface area (Å²) in [6, 6.07) is 20.0. The van der Waals surface area contributed by atoms with E-state index < -0.39 is 0 Å². The summed E-state index contributed by atoms with van der Waals surface area (Å²) in [4.78, 5) is 17.9. The maximum absolute atomic E-state index is 4.69. The molecule has 2 aromatic carbocycles. The summed E-state index contributed by atoms with van der Waals surface area (Å²) in [7, 11) is 0. The van der Waals surface area contributed by atoms with Crippen LogP contribution in [0.25, 0.3) is 33.8 Å². The van der Waals surface area contributed by atoms with Gasteiger partial charge in [0.1, 0.15) is 0 Å². The molecule has 0 amide bonds. The summed E-state index contributed by atoms with van der Waals surface area (Å²) in [5.41, 5.74) is 4.78. The third-order valence-electron chi connectivity index (χ3n) is 3.41. The molecule has 0 spiro atoms. The van der Waals surface area contributed by atoms with E-state index in [2.05, 4.69) is 19.9 Å². The summed E-state index contributed by atoms with van der Waals surface area (Å²) in [6.07, 6.45) is 3.27. The lowest BCUT2D eigenvalue weighted by atomic mass is 10.0. The van der Waals surface area contributed by atoms with Crippen molar-refractivity contribution < 1.29 is 0 Å². The van der Waals surface area contributed by atoms with Gasteiger partial charge in [-0.15, -0.1) is 0 Å². The first kappa shape index (κ1) is 12.6. The number of hydrogen-bond acceptors (Lipinski definition) is 4. The number of hydrogen-bond donors (Lipinski definition) is 0. The van der Waals surface area contributed by atoms with Crippen LogP contribution in [0.1, 0.15) is 0 Å². The molecule has 0 fully saturated rings. The standard InChI is InChI=1S/C18H12N4/c1-3-7-13(8-4-1)15-16(14-9-5-2-6-10-14)22-18-17(21-15)19-11-12-20-18/h1-12H. The fraction of sp³-hybridized carbons (Fsp3) is 0. The van der Waals surface area contributed by atoms with Gasteiger partial charge in [0, 0.05) is 23.5 Å². The first-order valence-corrected chi connectivity index (χ1v) is 7.01. The molecular formula is C18H12N4. The Labute approximate surface area is 127 Å². The van der Waals surface area contributed by atoms with Crippen molar-refractivity contribution in [3.05, 3.63) is 73.1 Å². The van der Waals surface area contributed by atoms with Gasteiger partial charge in [0.15, 0.2) is 11.3 Å². The fourth-order valence-electron chi connectivity index (χ4n) is 2.39. The van der Waals surface area contributed by atoms with Crippen LogP contribution < -0.4 is 0 Å². The Hall–Kier alpha value is -3.14. The summed E-state index contributed by atoms with van der Waals surface area (Å²) in [6.45, 7) is 0. The van der Waals surface area contributed by atoms with Crippen molar-refractivity contribution in [2.45, 2.75) is 0 Å². The predicted molar refractivity (Wildman–Crippen MR) is 86.0 cm³/mol.